The van der Waals surface area contributed by atoms with Crippen molar-refractivity contribution in [3.63, 3.8) is 0 Å². The fraction of sp³-hybridized carbons (Fsp3) is 0.328. The molecule has 0 N–H and O–H groups in total. The Morgan fingerprint density at radius 3 is 0.575 bits per heavy atom. The molecule has 0 atom stereocenters. The van der Waals surface area contributed by atoms with E-state index in [2.05, 4.69) is 0 Å². The van der Waals surface area contributed by atoms with E-state index in [0.29, 0.717) is 0 Å². The van der Waals surface area contributed by atoms with Gasteiger partial charge in [0.25, 0.3) is 12.6 Å². The molecule has 46 heteroatoms. The first-order chi connectivity index (χ1) is 52.5. The van der Waals surface area contributed by atoms with E-state index < -0.39 is 294 Å². The molecule has 5 aliphatic heterocycles. The van der Waals surface area contributed by atoms with Gasteiger partial charge in [0, 0.05) is 66.1 Å². The van der Waals surface area contributed by atoms with Crippen molar-refractivity contribution < 1.29 is 216 Å². The van der Waals surface area contributed by atoms with Crippen LogP contribution in [-0.2, 0) is 36.0 Å². The van der Waals surface area contributed by atoms with Gasteiger partial charge in [-0.1, -0.05) is 32.8 Å². The van der Waals surface area contributed by atoms with E-state index >= 15 is 132 Å². The number of nitrogens with zero attached hydrogens (tertiary/aromatic N) is 2. The monoisotopic (exact) mass is 1690 g/mol. The summed E-state index contributed by atoms with van der Waals surface area (Å²) in [5.74, 6) is -126. The Hall–Kier alpha value is -7.84. The molecule has 1 aromatic heterocycles. The molecule has 6 heterocycles. The number of imidazole rings is 1. The van der Waals surface area contributed by atoms with Gasteiger partial charge in [0.05, 0.1) is 29.1 Å². The standard InChI is InChI=1S/C47H5B2F36N2.5C4H8O.Na/c50-15-9(16(51)28(63)39(74)27(15)62)48(10-17(52)29(64)40(75)30(65)18(10)53,11-19(54)31(66)41(76)32(67)20(11)55)86-1-2-87(45(86)6-3-7(46(80,81)82)5-8(4-6)47(83,84)85)49(12-21(56)33(68)42(77)34(69)22(12)57,13-23(58)35(70)43(78)36(71)24(13)59)14-25(60)37(72)44(79)38(73)26(14)61;5*1-2-4-5-3-1;/h1-5H;5*1-4H2;/q-1;;;;;;+1. The maximum atomic E-state index is 17.1. The van der Waals surface area contributed by atoms with Crippen LogP contribution in [0.4, 0.5) is 158 Å². The molecule has 0 amide bonds. The molecular weight excluding hydrogens is 1640 g/mol. The van der Waals surface area contributed by atoms with Crippen LogP contribution in [0.1, 0.15) is 75.3 Å². The van der Waals surface area contributed by atoms with Crippen molar-refractivity contribution in [3.05, 3.63) is 216 Å². The van der Waals surface area contributed by atoms with Crippen LogP contribution in [0.3, 0.4) is 0 Å². The van der Waals surface area contributed by atoms with Crippen LogP contribution in [0.15, 0.2) is 30.6 Å². The van der Waals surface area contributed by atoms with Gasteiger partial charge in [0.15, 0.2) is 111 Å². The predicted octanol–water partition coefficient (Wildman–Crippen LogP) is 12.7. The SMILES string of the molecule is C1CCOC1.C1CCOC1.C1CCOC1.C1CCOC1.C1CCOC1.Fc1c(F)c(F)c([B-](c2c(F)c(F)c(F)c(F)c2F)(c2c(F)c(F)c(F)c(F)c2F)n2cc[n+]([B-](c3c(F)c(F)c(F)c(F)c3F)(c3c(F)c(F)c(F)c(F)c3F)c3c(F)c(F)c(F)c(F)c3F)c2-c2cc(C(F)(F)F)cc(C(F)(F)F)c2)c(F)c1F.[Na+]. The number of halogens is 36. The van der Waals surface area contributed by atoms with Gasteiger partial charge >= 0.3 is 41.9 Å². The van der Waals surface area contributed by atoms with E-state index in [9.17, 15) is 26.3 Å². The second kappa shape index (κ2) is 37.4. The Kier molecular flexibility index (Phi) is 30.6. The molecule has 612 valence electrons. The molecule has 5 fully saturated rings. The zero-order valence-electron chi connectivity index (χ0n) is 56.7. The number of ether oxygens (including phenoxy) is 5. The molecule has 0 unspecified atom stereocenters. The summed E-state index contributed by atoms with van der Waals surface area (Å²) >= 11 is 0. The van der Waals surface area contributed by atoms with Crippen LogP contribution in [0.5, 0.6) is 0 Å². The zero-order valence-corrected chi connectivity index (χ0v) is 58.7. The van der Waals surface area contributed by atoms with Gasteiger partial charge in [-0.3, -0.25) is 0 Å². The van der Waals surface area contributed by atoms with Gasteiger partial charge in [-0.05, 0) is 82.4 Å². The Balaban J connectivity index is 0.000000572. The molecule has 7 aromatic carbocycles. The van der Waals surface area contributed by atoms with E-state index in [4.69, 9.17) is 23.7 Å². The first kappa shape index (κ1) is 92.3. The quantitative estimate of drug-likeness (QED) is 0.0624. The summed E-state index contributed by atoms with van der Waals surface area (Å²) in [6, 6.07) is -3.98. The van der Waals surface area contributed by atoms with E-state index in [1.54, 1.807) is 0 Å². The molecule has 0 spiro atoms. The molecule has 0 bridgehead atoms. The van der Waals surface area contributed by atoms with Gasteiger partial charge in [-0.15, -0.1) is 0 Å². The zero-order chi connectivity index (χ0) is 83.5. The number of alkyl halides is 6. The van der Waals surface area contributed by atoms with Crippen molar-refractivity contribution in [1.29, 1.82) is 0 Å². The third kappa shape index (κ3) is 17.4. The van der Waals surface area contributed by atoms with Crippen LogP contribution in [0.2, 0.25) is 0 Å². The summed E-state index contributed by atoms with van der Waals surface area (Å²) in [7, 11) is 0. The van der Waals surface area contributed by atoms with Crippen LogP contribution in [0, 0.1) is 175 Å². The summed E-state index contributed by atoms with van der Waals surface area (Å²) in [4.78, 5) is 0. The van der Waals surface area contributed by atoms with Gasteiger partial charge in [0.1, 0.15) is 69.8 Å². The topological polar surface area (TPSA) is 55.0 Å². The van der Waals surface area contributed by atoms with E-state index in [1.807, 2.05) is 0 Å². The maximum Gasteiger partial charge on any atom is 1.00 e. The van der Waals surface area contributed by atoms with Crippen molar-refractivity contribution in [3.8, 4) is 11.4 Å². The van der Waals surface area contributed by atoms with E-state index in [1.165, 1.54) is 64.2 Å². The van der Waals surface area contributed by atoms with E-state index in [0.717, 1.165) is 66.1 Å². The number of hydrogen-bond acceptors (Lipinski definition) is 5. The first-order valence-corrected chi connectivity index (χ1v) is 32.2. The van der Waals surface area contributed by atoms with Crippen LogP contribution in [-0.4, -0.2) is 83.1 Å². The molecule has 0 saturated carbocycles. The fourth-order valence-corrected chi connectivity index (χ4v) is 12.6. The average Bonchev–Trinajstić information content (AvgIpc) is 1.64. The normalized spacial score (nSPS) is 15.0. The van der Waals surface area contributed by atoms with Crippen molar-refractivity contribution in [2.24, 2.45) is 0 Å². The van der Waals surface area contributed by atoms with Gasteiger partial charge in [-0.25, -0.2) is 132 Å². The van der Waals surface area contributed by atoms with Crippen molar-refractivity contribution in [2.75, 3.05) is 66.1 Å². The number of aromatic nitrogens is 2. The van der Waals surface area contributed by atoms with Crippen LogP contribution in [0.25, 0.3) is 11.4 Å². The van der Waals surface area contributed by atoms with Crippen molar-refractivity contribution in [1.82, 2.24) is 4.48 Å². The molecule has 113 heavy (non-hydrogen) atoms. The third-order valence-corrected chi connectivity index (χ3v) is 17.7. The summed E-state index contributed by atoms with van der Waals surface area (Å²) in [5.41, 5.74) is -34.7. The molecule has 13 rings (SSSR count). The number of benzene rings is 7. The van der Waals surface area contributed by atoms with Crippen molar-refractivity contribution >= 4 is 45.3 Å². The van der Waals surface area contributed by atoms with Crippen LogP contribution < -0.4 is 66.8 Å². The Labute approximate surface area is 633 Å². The van der Waals surface area contributed by atoms with E-state index in [-0.39, 0.29) is 29.6 Å². The summed E-state index contributed by atoms with van der Waals surface area (Å²) < 4.78 is 595. The smallest absolute Gasteiger partial charge is 0.418 e. The van der Waals surface area contributed by atoms with Gasteiger partial charge < -0.3 is 32.6 Å². The predicted molar refractivity (Wildman–Crippen MR) is 318 cm³/mol. The summed E-state index contributed by atoms with van der Waals surface area (Å²) in [6.07, 6.45) is -19.9. The van der Waals surface area contributed by atoms with Crippen molar-refractivity contribution in [2.45, 2.75) is 76.6 Å². The Morgan fingerprint density at radius 1 is 0.248 bits per heavy atom. The second-order valence-corrected chi connectivity index (χ2v) is 24.4. The van der Waals surface area contributed by atoms with Gasteiger partial charge in [-0.2, -0.15) is 26.3 Å². The molecule has 8 aromatic rings. The van der Waals surface area contributed by atoms with Crippen LogP contribution >= 0.6 is 0 Å². The third-order valence-electron chi connectivity index (χ3n) is 17.7. The minimum absolute atomic E-state index is 0. The minimum Gasteiger partial charge on any atom is -0.418 e. The summed E-state index contributed by atoms with van der Waals surface area (Å²) in [6.45, 7) is 10.0. The summed E-state index contributed by atoms with van der Waals surface area (Å²) in [5, 5.41) is 0. The number of hydrogen-bond donors (Lipinski definition) is 0. The molecule has 7 nitrogen and oxygen atoms in total. The Bertz CT molecular complexity index is 3980. The maximum absolute atomic E-state index is 17.1. The molecule has 5 saturated heterocycles. The first-order valence-electron chi connectivity index (χ1n) is 32.2. The fourth-order valence-electron chi connectivity index (χ4n) is 12.6. The minimum atomic E-state index is -8.18. The van der Waals surface area contributed by atoms with Gasteiger partial charge in [0.2, 0.25) is 0 Å². The molecule has 0 aliphatic carbocycles. The molecule has 5 aliphatic rings. The second-order valence-electron chi connectivity index (χ2n) is 24.4. The molecule has 0 radical (unpaired) electrons. The average molecular weight is 1690 g/mol. The Morgan fingerprint density at radius 2 is 0.416 bits per heavy atom. The molecular formula is C67H45B2F36N2NaO5. The largest absolute Gasteiger partial charge is 1.00 e. The number of rotatable bonds is 9.